The quantitative estimate of drug-likeness (QED) is 0.773. The Kier molecular flexibility index (Phi) is 5.79. The summed E-state index contributed by atoms with van der Waals surface area (Å²) < 4.78 is 30.6. The lowest BCUT2D eigenvalue weighted by Gasteiger charge is -2.36. The average Bonchev–Trinajstić information content (AvgIpc) is 2.90. The van der Waals surface area contributed by atoms with Gasteiger partial charge in [0, 0.05) is 24.1 Å². The molecule has 3 rings (SSSR count). The fourth-order valence-corrected chi connectivity index (χ4v) is 4.31. The molecule has 1 fully saturated rings. The molecule has 1 saturated heterocycles. The number of nitrogens with zero attached hydrogens (tertiary/aromatic N) is 3. The van der Waals surface area contributed by atoms with E-state index in [2.05, 4.69) is 11.8 Å². The van der Waals surface area contributed by atoms with Crippen molar-refractivity contribution in [3.63, 3.8) is 0 Å². The molecular weight excluding hydrogens is 350 g/mol. The lowest BCUT2D eigenvalue weighted by atomic mass is 10.0. The number of hydrogen-bond acceptors (Lipinski definition) is 5. The molecule has 1 aliphatic heterocycles. The molecule has 7 heteroatoms. The molecule has 2 heterocycles. The molecule has 6 nitrogen and oxygen atoms in total. The van der Waals surface area contributed by atoms with Gasteiger partial charge in [0.25, 0.3) is 0 Å². The third-order valence-electron chi connectivity index (χ3n) is 4.88. The zero-order valence-corrected chi connectivity index (χ0v) is 16.5. The first-order valence-corrected chi connectivity index (χ1v) is 11.0. The van der Waals surface area contributed by atoms with Gasteiger partial charge in [-0.15, -0.1) is 0 Å². The van der Waals surface area contributed by atoms with Crippen molar-refractivity contribution in [2.45, 2.75) is 26.3 Å². The Balaban J connectivity index is 1.85. The van der Waals surface area contributed by atoms with Crippen molar-refractivity contribution < 1.29 is 13.2 Å². The molecule has 1 atom stereocenters. The number of aryl methyl sites for hydroxylation is 1. The zero-order valence-electron chi connectivity index (χ0n) is 15.7. The molecule has 0 N–H and O–H groups in total. The molecule has 0 aliphatic carbocycles. The first-order chi connectivity index (χ1) is 12.4. The zero-order chi connectivity index (χ0) is 18.7. The van der Waals surface area contributed by atoms with Gasteiger partial charge in [-0.25, -0.2) is 13.1 Å². The second kappa shape index (κ2) is 7.90. The monoisotopic (exact) mass is 377 g/mol. The number of ether oxygens (including phenoxy) is 1. The van der Waals surface area contributed by atoms with Crippen LogP contribution in [0.1, 0.15) is 29.4 Å². The Bertz CT molecular complexity index is 846. The molecule has 142 valence electrons. The van der Waals surface area contributed by atoms with E-state index >= 15 is 0 Å². The van der Waals surface area contributed by atoms with Crippen molar-refractivity contribution in [1.29, 1.82) is 0 Å². The molecule has 0 spiro atoms. The summed E-state index contributed by atoms with van der Waals surface area (Å²) in [5.41, 5.74) is 4.33. The summed E-state index contributed by atoms with van der Waals surface area (Å²) in [4.78, 5) is 2.33. The van der Waals surface area contributed by atoms with Gasteiger partial charge >= 0.3 is 0 Å². The van der Waals surface area contributed by atoms with Gasteiger partial charge in [0.1, 0.15) is 9.84 Å². The first-order valence-electron chi connectivity index (χ1n) is 8.98. The number of morpholine rings is 1. The van der Waals surface area contributed by atoms with Gasteiger partial charge in [-0.3, -0.25) is 4.90 Å². The summed E-state index contributed by atoms with van der Waals surface area (Å²) in [7, 11) is -2.93. The summed E-state index contributed by atoms with van der Waals surface area (Å²) in [5, 5.41) is 4.75. The highest BCUT2D eigenvalue weighted by Crippen LogP contribution is 2.30. The fraction of sp³-hybridized carbons (Fsp3) is 0.526. The molecule has 1 aromatic heterocycles. The second-order valence-electron chi connectivity index (χ2n) is 6.94. The number of para-hydroxylation sites is 1. The van der Waals surface area contributed by atoms with Crippen molar-refractivity contribution in [1.82, 2.24) is 14.7 Å². The maximum atomic E-state index is 11.4. The Morgan fingerprint density at radius 3 is 2.65 bits per heavy atom. The Morgan fingerprint density at radius 2 is 1.96 bits per heavy atom. The van der Waals surface area contributed by atoms with E-state index in [0.29, 0.717) is 19.6 Å². The Morgan fingerprint density at radius 1 is 1.23 bits per heavy atom. The lowest BCUT2D eigenvalue weighted by molar-refractivity contribution is -0.00866. The lowest BCUT2D eigenvalue weighted by Crippen LogP contribution is -2.41. The third-order valence-corrected chi connectivity index (χ3v) is 5.91. The van der Waals surface area contributed by atoms with E-state index in [1.165, 1.54) is 11.8 Å². The number of rotatable bonds is 6. The average molecular weight is 378 g/mol. The maximum absolute atomic E-state index is 11.4. The van der Waals surface area contributed by atoms with Crippen LogP contribution in [0, 0.1) is 13.8 Å². The van der Waals surface area contributed by atoms with Crippen LogP contribution in [-0.4, -0.2) is 61.4 Å². The first kappa shape index (κ1) is 19.1. The van der Waals surface area contributed by atoms with Crippen LogP contribution in [0.25, 0.3) is 5.69 Å². The van der Waals surface area contributed by atoms with Gasteiger partial charge in [0.2, 0.25) is 0 Å². The summed E-state index contributed by atoms with van der Waals surface area (Å²) in [6.45, 7) is 6.97. The van der Waals surface area contributed by atoms with Crippen LogP contribution in [0.15, 0.2) is 30.3 Å². The normalized spacial score (nSPS) is 19.0. The highest BCUT2D eigenvalue weighted by molar-refractivity contribution is 7.90. The second-order valence-corrected chi connectivity index (χ2v) is 9.20. The highest BCUT2D eigenvalue weighted by Gasteiger charge is 2.29. The molecule has 1 aliphatic rings. The van der Waals surface area contributed by atoms with Crippen LogP contribution in [0.5, 0.6) is 0 Å². The van der Waals surface area contributed by atoms with Gasteiger partial charge in [-0.2, -0.15) is 5.10 Å². The van der Waals surface area contributed by atoms with E-state index < -0.39 is 9.84 Å². The highest BCUT2D eigenvalue weighted by atomic mass is 32.2. The van der Waals surface area contributed by atoms with Gasteiger partial charge in [0.05, 0.1) is 36.4 Å². The smallest absolute Gasteiger partial charge is 0.147 e. The minimum absolute atomic E-state index is 0.112. The van der Waals surface area contributed by atoms with E-state index in [0.717, 1.165) is 30.2 Å². The van der Waals surface area contributed by atoms with E-state index in [-0.39, 0.29) is 11.8 Å². The van der Waals surface area contributed by atoms with Crippen molar-refractivity contribution in [3.05, 3.63) is 47.3 Å². The Labute approximate surface area is 155 Å². The molecule has 0 unspecified atom stereocenters. The molecule has 2 aromatic rings. The van der Waals surface area contributed by atoms with Crippen LogP contribution in [0.4, 0.5) is 0 Å². The predicted molar refractivity (Wildman–Crippen MR) is 102 cm³/mol. The minimum Gasteiger partial charge on any atom is -0.378 e. The SMILES string of the molecule is Cc1nn(-c2ccccc2)c(C)c1[C@@H]1COCCN1CCCS(C)(=O)=O. The maximum Gasteiger partial charge on any atom is 0.147 e. The number of hydrogen-bond donors (Lipinski definition) is 0. The molecule has 0 bridgehead atoms. The third kappa shape index (κ3) is 4.34. The van der Waals surface area contributed by atoms with E-state index in [9.17, 15) is 8.42 Å². The fourth-order valence-electron chi connectivity index (χ4n) is 3.66. The summed E-state index contributed by atoms with van der Waals surface area (Å²) in [6.07, 6.45) is 1.93. The molecule has 0 saturated carbocycles. The van der Waals surface area contributed by atoms with Gasteiger partial charge in [0.15, 0.2) is 0 Å². The standard InChI is InChI=1S/C19H27N3O3S/c1-15-19(16(2)22(20-15)17-8-5-4-6-9-17)18-14-25-12-11-21(18)10-7-13-26(3,23)24/h4-6,8-9,18H,7,10-14H2,1-3H3/t18-/m0/s1. The topological polar surface area (TPSA) is 64.4 Å². The summed E-state index contributed by atoms with van der Waals surface area (Å²) in [5.74, 6) is 0.221. The number of aromatic nitrogens is 2. The van der Waals surface area contributed by atoms with Crippen molar-refractivity contribution >= 4 is 9.84 Å². The predicted octanol–water partition coefficient (Wildman–Crippen LogP) is 2.30. The van der Waals surface area contributed by atoms with E-state index in [1.54, 1.807) is 0 Å². The van der Waals surface area contributed by atoms with E-state index in [1.807, 2.05) is 41.9 Å². The van der Waals surface area contributed by atoms with Crippen LogP contribution >= 0.6 is 0 Å². The van der Waals surface area contributed by atoms with Crippen molar-refractivity contribution in [2.24, 2.45) is 0 Å². The molecule has 0 radical (unpaired) electrons. The molecule has 1 aromatic carbocycles. The molecule has 0 amide bonds. The minimum atomic E-state index is -2.93. The van der Waals surface area contributed by atoms with Crippen LogP contribution in [0.3, 0.4) is 0 Å². The Hall–Kier alpha value is -1.70. The number of sulfone groups is 1. The van der Waals surface area contributed by atoms with Crippen molar-refractivity contribution in [2.75, 3.05) is 38.3 Å². The molecular formula is C19H27N3O3S. The van der Waals surface area contributed by atoms with E-state index in [4.69, 9.17) is 9.84 Å². The largest absolute Gasteiger partial charge is 0.378 e. The van der Waals surface area contributed by atoms with Crippen LogP contribution < -0.4 is 0 Å². The van der Waals surface area contributed by atoms with Gasteiger partial charge in [-0.05, 0) is 38.9 Å². The van der Waals surface area contributed by atoms with Crippen molar-refractivity contribution in [3.8, 4) is 5.69 Å². The van der Waals surface area contributed by atoms with Gasteiger partial charge < -0.3 is 4.74 Å². The molecule has 26 heavy (non-hydrogen) atoms. The summed E-state index contributed by atoms with van der Waals surface area (Å²) >= 11 is 0. The van der Waals surface area contributed by atoms with Crippen LogP contribution in [0.2, 0.25) is 0 Å². The van der Waals surface area contributed by atoms with Gasteiger partial charge in [-0.1, -0.05) is 18.2 Å². The summed E-state index contributed by atoms with van der Waals surface area (Å²) in [6, 6.07) is 10.2. The number of benzene rings is 1. The van der Waals surface area contributed by atoms with Crippen LogP contribution in [-0.2, 0) is 14.6 Å².